The van der Waals surface area contributed by atoms with Crippen molar-refractivity contribution in [2.75, 3.05) is 19.0 Å². The summed E-state index contributed by atoms with van der Waals surface area (Å²) in [6, 6.07) is 4.85. The summed E-state index contributed by atoms with van der Waals surface area (Å²) < 4.78 is 0. The Morgan fingerprint density at radius 1 is 1.41 bits per heavy atom. The molecule has 1 atom stereocenters. The van der Waals surface area contributed by atoms with E-state index in [1.807, 2.05) is 7.05 Å². The maximum absolute atomic E-state index is 4.62. The molecule has 1 aromatic rings. The Hall–Kier alpha value is -1.09. The molecule has 1 N–H and O–H groups in total. The largest absolute Gasteiger partial charge is 0.357 e. The number of aromatic nitrogens is 1. The van der Waals surface area contributed by atoms with Gasteiger partial charge in [0, 0.05) is 25.3 Å². The molecule has 0 bridgehead atoms. The van der Waals surface area contributed by atoms with Crippen molar-refractivity contribution in [3.63, 3.8) is 0 Å². The molecule has 0 saturated heterocycles. The number of hydrogen-bond acceptors (Lipinski definition) is 3. The van der Waals surface area contributed by atoms with Gasteiger partial charge in [0.15, 0.2) is 0 Å². The van der Waals surface area contributed by atoms with Gasteiger partial charge in [0.2, 0.25) is 0 Å². The SMILES string of the molecule is CCCC(C)N(C)c1cc(CNC)cc(C)n1. The third-order valence-electron chi connectivity index (χ3n) is 3.11. The first-order chi connectivity index (χ1) is 8.08. The molecular weight excluding hydrogens is 210 g/mol. The minimum atomic E-state index is 0.539. The second-order valence-corrected chi connectivity index (χ2v) is 4.75. The van der Waals surface area contributed by atoms with E-state index >= 15 is 0 Å². The van der Waals surface area contributed by atoms with Crippen molar-refractivity contribution >= 4 is 5.82 Å². The molecule has 0 saturated carbocycles. The fourth-order valence-electron chi connectivity index (χ4n) is 2.05. The lowest BCUT2D eigenvalue weighted by Crippen LogP contribution is -2.29. The molecular formula is C14H25N3. The van der Waals surface area contributed by atoms with Crippen LogP contribution in [0.15, 0.2) is 12.1 Å². The van der Waals surface area contributed by atoms with Crippen molar-refractivity contribution in [3.8, 4) is 0 Å². The number of nitrogens with one attached hydrogen (secondary N) is 1. The van der Waals surface area contributed by atoms with E-state index < -0.39 is 0 Å². The Labute approximate surface area is 105 Å². The summed E-state index contributed by atoms with van der Waals surface area (Å²) in [5.74, 6) is 1.08. The van der Waals surface area contributed by atoms with Gasteiger partial charge in [-0.2, -0.15) is 0 Å². The molecule has 1 heterocycles. The average molecular weight is 235 g/mol. The van der Waals surface area contributed by atoms with E-state index in [1.165, 1.54) is 18.4 Å². The molecule has 96 valence electrons. The van der Waals surface area contributed by atoms with Crippen LogP contribution in [0.2, 0.25) is 0 Å². The second kappa shape index (κ2) is 6.60. The van der Waals surface area contributed by atoms with Crippen LogP contribution in [0, 0.1) is 6.92 Å². The first-order valence-corrected chi connectivity index (χ1v) is 6.43. The standard InChI is InChI=1S/C14H25N3/c1-6-7-12(3)17(5)14-9-13(10-15-4)8-11(2)16-14/h8-9,12,15H,6-7,10H2,1-5H3. The van der Waals surface area contributed by atoms with Gasteiger partial charge in [-0.3, -0.25) is 0 Å². The average Bonchev–Trinajstić information content (AvgIpc) is 2.28. The van der Waals surface area contributed by atoms with Crippen LogP contribution in [-0.2, 0) is 6.54 Å². The molecule has 0 aliphatic rings. The molecule has 1 rings (SSSR count). The fourth-order valence-corrected chi connectivity index (χ4v) is 2.05. The van der Waals surface area contributed by atoms with E-state index in [4.69, 9.17) is 0 Å². The van der Waals surface area contributed by atoms with Crippen LogP contribution in [-0.4, -0.2) is 25.1 Å². The molecule has 3 heteroatoms. The summed E-state index contributed by atoms with van der Waals surface area (Å²) in [5.41, 5.74) is 2.38. The number of pyridine rings is 1. The summed E-state index contributed by atoms with van der Waals surface area (Å²) in [6.45, 7) is 7.43. The van der Waals surface area contributed by atoms with Crippen LogP contribution in [0.1, 0.15) is 37.9 Å². The van der Waals surface area contributed by atoms with E-state index in [-0.39, 0.29) is 0 Å². The number of aryl methyl sites for hydroxylation is 1. The third kappa shape index (κ3) is 4.00. The van der Waals surface area contributed by atoms with E-state index in [0.717, 1.165) is 18.1 Å². The van der Waals surface area contributed by atoms with Crippen molar-refractivity contribution in [3.05, 3.63) is 23.4 Å². The number of nitrogens with zero attached hydrogens (tertiary/aromatic N) is 2. The zero-order chi connectivity index (χ0) is 12.8. The van der Waals surface area contributed by atoms with Gasteiger partial charge in [-0.1, -0.05) is 13.3 Å². The Morgan fingerprint density at radius 2 is 2.12 bits per heavy atom. The number of hydrogen-bond donors (Lipinski definition) is 1. The lowest BCUT2D eigenvalue weighted by atomic mass is 10.1. The van der Waals surface area contributed by atoms with Crippen LogP contribution in [0.5, 0.6) is 0 Å². The minimum Gasteiger partial charge on any atom is -0.357 e. The molecule has 1 aromatic heterocycles. The lowest BCUT2D eigenvalue weighted by Gasteiger charge is -2.26. The highest BCUT2D eigenvalue weighted by Crippen LogP contribution is 2.17. The highest BCUT2D eigenvalue weighted by molar-refractivity contribution is 5.42. The molecule has 1 unspecified atom stereocenters. The maximum Gasteiger partial charge on any atom is 0.129 e. The van der Waals surface area contributed by atoms with Crippen molar-refractivity contribution in [2.45, 2.75) is 46.2 Å². The van der Waals surface area contributed by atoms with E-state index in [9.17, 15) is 0 Å². The summed E-state index contributed by atoms with van der Waals surface area (Å²) >= 11 is 0. The third-order valence-corrected chi connectivity index (χ3v) is 3.11. The molecule has 3 nitrogen and oxygen atoms in total. The molecule has 0 aliphatic carbocycles. The van der Waals surface area contributed by atoms with Crippen molar-refractivity contribution < 1.29 is 0 Å². The molecule has 0 radical (unpaired) electrons. The van der Waals surface area contributed by atoms with Crippen molar-refractivity contribution in [1.82, 2.24) is 10.3 Å². The molecule has 17 heavy (non-hydrogen) atoms. The van der Waals surface area contributed by atoms with E-state index in [1.54, 1.807) is 0 Å². The van der Waals surface area contributed by atoms with Gasteiger partial charge < -0.3 is 10.2 Å². The van der Waals surface area contributed by atoms with Crippen LogP contribution in [0.25, 0.3) is 0 Å². The van der Waals surface area contributed by atoms with Gasteiger partial charge in [-0.25, -0.2) is 4.98 Å². The van der Waals surface area contributed by atoms with Crippen LogP contribution in [0.4, 0.5) is 5.82 Å². The predicted molar refractivity (Wildman–Crippen MR) is 74.5 cm³/mol. The van der Waals surface area contributed by atoms with Crippen molar-refractivity contribution in [1.29, 1.82) is 0 Å². The quantitative estimate of drug-likeness (QED) is 0.821. The van der Waals surface area contributed by atoms with E-state index in [2.05, 4.69) is 55.2 Å². The van der Waals surface area contributed by atoms with E-state index in [0.29, 0.717) is 6.04 Å². The van der Waals surface area contributed by atoms with Gasteiger partial charge in [0.05, 0.1) is 0 Å². The first kappa shape index (κ1) is 14.0. The smallest absolute Gasteiger partial charge is 0.129 e. The molecule has 0 spiro atoms. The lowest BCUT2D eigenvalue weighted by molar-refractivity contribution is 0.610. The summed E-state index contributed by atoms with van der Waals surface area (Å²) in [6.07, 6.45) is 2.41. The molecule has 0 amide bonds. The molecule has 0 aromatic carbocycles. The van der Waals surface area contributed by atoms with Crippen LogP contribution in [0.3, 0.4) is 0 Å². The van der Waals surface area contributed by atoms with Gasteiger partial charge in [-0.15, -0.1) is 0 Å². The Kier molecular flexibility index (Phi) is 5.42. The zero-order valence-corrected chi connectivity index (χ0v) is 11.7. The van der Waals surface area contributed by atoms with Crippen LogP contribution < -0.4 is 10.2 Å². The topological polar surface area (TPSA) is 28.2 Å². The fraction of sp³-hybridized carbons (Fsp3) is 0.643. The van der Waals surface area contributed by atoms with Gasteiger partial charge in [0.1, 0.15) is 5.82 Å². The highest BCUT2D eigenvalue weighted by Gasteiger charge is 2.11. The summed E-state index contributed by atoms with van der Waals surface area (Å²) in [4.78, 5) is 6.89. The molecule has 0 fully saturated rings. The first-order valence-electron chi connectivity index (χ1n) is 6.43. The maximum atomic E-state index is 4.62. The summed E-state index contributed by atoms with van der Waals surface area (Å²) in [7, 11) is 4.10. The Bertz CT molecular complexity index is 349. The van der Waals surface area contributed by atoms with Crippen LogP contribution >= 0.6 is 0 Å². The molecule has 0 aliphatic heterocycles. The Balaban J connectivity index is 2.88. The number of anilines is 1. The second-order valence-electron chi connectivity index (χ2n) is 4.75. The van der Waals surface area contributed by atoms with Gasteiger partial charge in [0.25, 0.3) is 0 Å². The minimum absolute atomic E-state index is 0.539. The monoisotopic (exact) mass is 235 g/mol. The Morgan fingerprint density at radius 3 is 2.71 bits per heavy atom. The predicted octanol–water partition coefficient (Wildman–Crippen LogP) is 2.73. The normalized spacial score (nSPS) is 12.5. The summed E-state index contributed by atoms with van der Waals surface area (Å²) in [5, 5.41) is 3.19. The van der Waals surface area contributed by atoms with Gasteiger partial charge in [-0.05, 0) is 45.0 Å². The number of rotatable bonds is 6. The van der Waals surface area contributed by atoms with Gasteiger partial charge >= 0.3 is 0 Å². The zero-order valence-electron chi connectivity index (χ0n) is 11.7. The van der Waals surface area contributed by atoms with Crippen molar-refractivity contribution in [2.24, 2.45) is 0 Å². The highest BCUT2D eigenvalue weighted by atomic mass is 15.2.